The van der Waals surface area contributed by atoms with Crippen molar-refractivity contribution in [3.8, 4) is 0 Å². The normalized spacial score (nSPS) is 12.4. The van der Waals surface area contributed by atoms with E-state index in [0.717, 1.165) is 89.9 Å². The number of hydrogen-bond donors (Lipinski definition) is 0. The lowest BCUT2D eigenvalue weighted by Crippen LogP contribution is -2.30. The molecular weight excluding hydrogens is 961 g/mol. The summed E-state index contributed by atoms with van der Waals surface area (Å²) in [4.78, 5) is 38.1. The van der Waals surface area contributed by atoms with Gasteiger partial charge in [-0.2, -0.15) is 0 Å². The van der Waals surface area contributed by atoms with Gasteiger partial charge in [0.1, 0.15) is 13.2 Å². The Kier molecular flexibility index (Phi) is 64.2. The average Bonchev–Trinajstić information content (AvgIpc) is 3.44. The molecule has 0 aliphatic rings. The summed E-state index contributed by atoms with van der Waals surface area (Å²) in [6, 6.07) is 0. The highest BCUT2D eigenvalue weighted by Gasteiger charge is 2.19. The Balaban J connectivity index is 3.96. The van der Waals surface area contributed by atoms with Crippen LogP contribution in [0.5, 0.6) is 0 Å². The first kappa shape index (κ1) is 75.1. The molecule has 0 saturated heterocycles. The number of rotatable bonds is 63. The lowest BCUT2D eigenvalue weighted by atomic mass is 10.0. The van der Waals surface area contributed by atoms with Gasteiger partial charge in [0.05, 0.1) is 0 Å². The first-order valence-electron chi connectivity index (χ1n) is 34.3. The third-order valence-electron chi connectivity index (χ3n) is 15.3. The Bertz CT molecular complexity index is 1390. The molecule has 0 amide bonds. The number of allylic oxidation sites excluding steroid dienone is 10. The van der Waals surface area contributed by atoms with Gasteiger partial charge >= 0.3 is 17.9 Å². The minimum absolute atomic E-state index is 0.0667. The summed E-state index contributed by atoms with van der Waals surface area (Å²) in [6.07, 6.45) is 85.7. The molecule has 78 heavy (non-hydrogen) atoms. The standard InChI is InChI=1S/C72H130O6/c1-4-7-10-13-16-18-20-22-24-26-28-29-30-31-32-33-34-35-36-37-38-39-40-41-42-43-44-46-47-49-51-53-56-59-62-65-71(74)77-68-69(67-76-70(73)64-61-58-55-15-12-9-6-3)78-72(75)66-63-60-57-54-52-50-48-45-27-25-23-21-19-17-14-11-8-5-2/h7,10,16,18,22,24,28-29,31-32,69H,4-6,8-9,11-15,17,19-21,23,25-27,30,33-68H2,1-3H3/b10-7-,18-16-,24-22-,29-28-,32-31-. The molecule has 0 saturated carbocycles. The monoisotopic (exact) mass is 1090 g/mol. The molecule has 0 aliphatic heterocycles. The Morgan fingerprint density at radius 3 is 0.782 bits per heavy atom. The molecule has 0 aromatic carbocycles. The van der Waals surface area contributed by atoms with Crippen LogP contribution < -0.4 is 0 Å². The summed E-state index contributed by atoms with van der Waals surface area (Å²) in [5.41, 5.74) is 0. The number of ether oxygens (including phenoxy) is 3. The quantitative estimate of drug-likeness (QED) is 0.0261. The molecule has 0 heterocycles. The molecule has 454 valence electrons. The Hall–Kier alpha value is -2.89. The third kappa shape index (κ3) is 63.9. The molecule has 0 aromatic heterocycles. The number of carbonyl (C=O) groups is 3. The van der Waals surface area contributed by atoms with E-state index in [2.05, 4.69) is 81.5 Å². The van der Waals surface area contributed by atoms with Crippen LogP contribution in [0.15, 0.2) is 60.8 Å². The molecule has 0 radical (unpaired) electrons. The molecule has 0 spiro atoms. The molecule has 0 bridgehead atoms. The van der Waals surface area contributed by atoms with Gasteiger partial charge in [-0.3, -0.25) is 14.4 Å². The van der Waals surface area contributed by atoms with Gasteiger partial charge in [-0.05, 0) is 64.2 Å². The summed E-state index contributed by atoms with van der Waals surface area (Å²) < 4.78 is 16.9. The van der Waals surface area contributed by atoms with Crippen molar-refractivity contribution in [2.24, 2.45) is 0 Å². The highest BCUT2D eigenvalue weighted by atomic mass is 16.6. The first-order chi connectivity index (χ1) is 38.5. The lowest BCUT2D eigenvalue weighted by Gasteiger charge is -2.18. The van der Waals surface area contributed by atoms with Crippen molar-refractivity contribution >= 4 is 17.9 Å². The molecule has 6 nitrogen and oxygen atoms in total. The minimum Gasteiger partial charge on any atom is -0.462 e. The molecular formula is C72H130O6. The van der Waals surface area contributed by atoms with E-state index in [9.17, 15) is 14.4 Å². The predicted octanol–water partition coefficient (Wildman–Crippen LogP) is 23.5. The van der Waals surface area contributed by atoms with Crippen LogP contribution in [-0.4, -0.2) is 37.2 Å². The number of unbranched alkanes of at least 4 members (excludes halogenated alkanes) is 42. The molecule has 0 rings (SSSR count). The highest BCUT2D eigenvalue weighted by Crippen LogP contribution is 2.18. The van der Waals surface area contributed by atoms with Gasteiger partial charge in [0, 0.05) is 19.3 Å². The van der Waals surface area contributed by atoms with Crippen LogP contribution >= 0.6 is 0 Å². The summed E-state index contributed by atoms with van der Waals surface area (Å²) in [6.45, 7) is 6.54. The second-order valence-electron chi connectivity index (χ2n) is 23.1. The Morgan fingerprint density at radius 2 is 0.500 bits per heavy atom. The Morgan fingerprint density at radius 1 is 0.269 bits per heavy atom. The maximum atomic E-state index is 12.9. The van der Waals surface area contributed by atoms with E-state index in [1.807, 2.05) is 0 Å². The van der Waals surface area contributed by atoms with Gasteiger partial charge in [0.15, 0.2) is 6.10 Å². The topological polar surface area (TPSA) is 78.9 Å². The zero-order valence-corrected chi connectivity index (χ0v) is 52.2. The first-order valence-corrected chi connectivity index (χ1v) is 34.3. The average molecular weight is 1090 g/mol. The van der Waals surface area contributed by atoms with Crippen LogP contribution in [0.1, 0.15) is 361 Å². The van der Waals surface area contributed by atoms with E-state index < -0.39 is 6.10 Å². The van der Waals surface area contributed by atoms with Crippen molar-refractivity contribution in [3.63, 3.8) is 0 Å². The molecule has 1 unspecified atom stereocenters. The summed E-state index contributed by atoms with van der Waals surface area (Å²) >= 11 is 0. The van der Waals surface area contributed by atoms with E-state index >= 15 is 0 Å². The van der Waals surface area contributed by atoms with Gasteiger partial charge in [-0.15, -0.1) is 0 Å². The second kappa shape index (κ2) is 66.6. The number of carbonyl (C=O) groups excluding carboxylic acids is 3. The van der Waals surface area contributed by atoms with Crippen molar-refractivity contribution < 1.29 is 28.6 Å². The largest absolute Gasteiger partial charge is 0.462 e. The van der Waals surface area contributed by atoms with Crippen LogP contribution in [0.4, 0.5) is 0 Å². The molecule has 0 aliphatic carbocycles. The summed E-state index contributed by atoms with van der Waals surface area (Å²) in [5.74, 6) is -0.849. The van der Waals surface area contributed by atoms with Gasteiger partial charge in [0.2, 0.25) is 0 Å². The van der Waals surface area contributed by atoms with E-state index in [0.29, 0.717) is 19.3 Å². The number of hydrogen-bond acceptors (Lipinski definition) is 6. The SMILES string of the molecule is CC/C=C\C/C=C\C/C=C\C/C=C\C/C=C\CCCCCCCCCCCCCCCCCCCCCC(=O)OCC(COC(=O)CCCCCCCCC)OC(=O)CCCCCCCCCCCCCCCCCCCC. The van der Waals surface area contributed by atoms with Gasteiger partial charge < -0.3 is 14.2 Å². The predicted molar refractivity (Wildman–Crippen MR) is 339 cm³/mol. The summed E-state index contributed by atoms with van der Waals surface area (Å²) in [5, 5.41) is 0. The van der Waals surface area contributed by atoms with Gasteiger partial charge in [-0.1, -0.05) is 338 Å². The highest BCUT2D eigenvalue weighted by molar-refractivity contribution is 5.71. The van der Waals surface area contributed by atoms with E-state index in [1.54, 1.807) is 0 Å². The van der Waals surface area contributed by atoms with Crippen molar-refractivity contribution in [1.82, 2.24) is 0 Å². The van der Waals surface area contributed by atoms with Gasteiger partial charge in [-0.25, -0.2) is 0 Å². The zero-order valence-electron chi connectivity index (χ0n) is 52.2. The minimum atomic E-state index is -0.766. The van der Waals surface area contributed by atoms with E-state index in [1.165, 1.54) is 231 Å². The van der Waals surface area contributed by atoms with Crippen molar-refractivity contribution in [2.75, 3.05) is 13.2 Å². The van der Waals surface area contributed by atoms with Crippen LogP contribution in [0, 0.1) is 0 Å². The van der Waals surface area contributed by atoms with Gasteiger partial charge in [0.25, 0.3) is 0 Å². The number of esters is 3. The second-order valence-corrected chi connectivity index (χ2v) is 23.1. The molecule has 0 N–H and O–H groups in total. The van der Waals surface area contributed by atoms with Crippen LogP contribution in [0.25, 0.3) is 0 Å². The molecule has 6 heteroatoms. The molecule has 0 fully saturated rings. The van der Waals surface area contributed by atoms with Crippen LogP contribution in [0.3, 0.4) is 0 Å². The van der Waals surface area contributed by atoms with Crippen molar-refractivity contribution in [3.05, 3.63) is 60.8 Å². The smallest absolute Gasteiger partial charge is 0.306 e. The van der Waals surface area contributed by atoms with E-state index in [-0.39, 0.29) is 31.1 Å². The van der Waals surface area contributed by atoms with Crippen LogP contribution in [-0.2, 0) is 28.6 Å². The summed E-state index contributed by atoms with van der Waals surface area (Å²) in [7, 11) is 0. The van der Waals surface area contributed by atoms with Crippen LogP contribution in [0.2, 0.25) is 0 Å². The maximum Gasteiger partial charge on any atom is 0.306 e. The fourth-order valence-corrected chi connectivity index (χ4v) is 10.2. The van der Waals surface area contributed by atoms with E-state index in [4.69, 9.17) is 14.2 Å². The fourth-order valence-electron chi connectivity index (χ4n) is 10.2. The Labute approximate surface area is 485 Å². The maximum absolute atomic E-state index is 12.9. The van der Waals surface area contributed by atoms with Crippen molar-refractivity contribution in [2.45, 2.75) is 367 Å². The fraction of sp³-hybridized carbons (Fsp3) is 0.819. The molecule has 1 atom stereocenters. The van der Waals surface area contributed by atoms with Crippen molar-refractivity contribution in [1.29, 1.82) is 0 Å². The zero-order chi connectivity index (χ0) is 56.4. The lowest BCUT2D eigenvalue weighted by molar-refractivity contribution is -0.167. The third-order valence-corrected chi connectivity index (χ3v) is 15.3. The molecule has 0 aromatic rings.